The lowest BCUT2D eigenvalue weighted by molar-refractivity contribution is -0.131. The molecule has 138 valence electrons. The van der Waals surface area contributed by atoms with Crippen LogP contribution in [0, 0.1) is 11.8 Å². The number of hydrogen-bond acceptors (Lipinski definition) is 6. The first-order valence-electron chi connectivity index (χ1n) is 8.83. The summed E-state index contributed by atoms with van der Waals surface area (Å²) in [4.78, 5) is 14.2. The molecule has 4 aliphatic rings. The van der Waals surface area contributed by atoms with Crippen molar-refractivity contribution in [2.45, 2.75) is 62.4 Å². The summed E-state index contributed by atoms with van der Waals surface area (Å²) in [6, 6.07) is 0. The van der Waals surface area contributed by atoms with Gasteiger partial charge in [0.05, 0.1) is 11.3 Å². The molecule has 0 spiro atoms. The molecule has 2 unspecified atom stereocenters. The van der Waals surface area contributed by atoms with Gasteiger partial charge in [0.1, 0.15) is 0 Å². The zero-order valence-corrected chi connectivity index (χ0v) is 14.9. The number of sulfonamides is 1. The molecule has 1 amide bonds. The fourth-order valence-electron chi connectivity index (χ4n) is 5.77. The maximum atomic E-state index is 12.4. The second kappa shape index (κ2) is 5.73. The first-order valence-corrected chi connectivity index (χ1v) is 10.5. The highest BCUT2D eigenvalue weighted by atomic mass is 32.2. The van der Waals surface area contributed by atoms with Crippen LogP contribution in [0.15, 0.2) is 6.33 Å². The number of aromatic nitrogens is 4. The van der Waals surface area contributed by atoms with E-state index < -0.39 is 10.0 Å². The van der Waals surface area contributed by atoms with Gasteiger partial charge >= 0.3 is 0 Å². The van der Waals surface area contributed by atoms with E-state index in [0.29, 0.717) is 11.8 Å². The van der Waals surface area contributed by atoms with Crippen molar-refractivity contribution >= 4 is 15.9 Å². The van der Waals surface area contributed by atoms with Crippen LogP contribution in [-0.4, -0.2) is 45.8 Å². The molecular weight excluding hydrogens is 344 g/mol. The lowest BCUT2D eigenvalue weighted by Crippen LogP contribution is -2.66. The number of amides is 1. The minimum Gasteiger partial charge on any atom is -0.351 e. The molecule has 4 fully saturated rings. The van der Waals surface area contributed by atoms with Crippen LogP contribution in [0.5, 0.6) is 0 Å². The predicted octanol–water partition coefficient (Wildman–Crippen LogP) is -0.0941. The van der Waals surface area contributed by atoms with Crippen molar-refractivity contribution < 1.29 is 13.2 Å². The molecule has 3 N–H and O–H groups in total. The molecule has 4 bridgehead atoms. The summed E-state index contributed by atoms with van der Waals surface area (Å²) in [6.07, 6.45) is 8.00. The number of nitrogens with one attached hydrogen (secondary N) is 1. The highest BCUT2D eigenvalue weighted by molar-refractivity contribution is 7.89. The maximum absolute atomic E-state index is 12.4. The van der Waals surface area contributed by atoms with Gasteiger partial charge in [-0.25, -0.2) is 13.6 Å². The SMILES string of the molecule is NS(=O)(=O)CCCC(=O)NC12CC3CC(C1)CC(n1ncnn1)(C3)C2. The Morgan fingerprint density at radius 3 is 2.60 bits per heavy atom. The smallest absolute Gasteiger partial charge is 0.220 e. The van der Waals surface area contributed by atoms with Crippen molar-refractivity contribution in [2.75, 3.05) is 5.75 Å². The number of carbonyl (C=O) groups excluding carboxylic acids is 1. The van der Waals surface area contributed by atoms with Gasteiger partial charge in [-0.1, -0.05) is 0 Å². The lowest BCUT2D eigenvalue weighted by atomic mass is 9.50. The Hall–Kier alpha value is -1.55. The van der Waals surface area contributed by atoms with Gasteiger partial charge in [0, 0.05) is 12.0 Å². The van der Waals surface area contributed by atoms with Crippen LogP contribution in [-0.2, 0) is 20.4 Å². The van der Waals surface area contributed by atoms with Crippen LogP contribution in [0.3, 0.4) is 0 Å². The van der Waals surface area contributed by atoms with Gasteiger partial charge in [-0.3, -0.25) is 4.79 Å². The highest BCUT2D eigenvalue weighted by Gasteiger charge is 2.60. The van der Waals surface area contributed by atoms with Crippen molar-refractivity contribution in [1.82, 2.24) is 25.5 Å². The minimum absolute atomic E-state index is 0.0905. The summed E-state index contributed by atoms with van der Waals surface area (Å²) in [5, 5.41) is 20.6. The summed E-state index contributed by atoms with van der Waals surface area (Å²) in [5.74, 6) is 0.882. The zero-order valence-electron chi connectivity index (χ0n) is 14.1. The van der Waals surface area contributed by atoms with Gasteiger partial charge in [-0.05, 0) is 62.0 Å². The molecule has 4 saturated carbocycles. The van der Waals surface area contributed by atoms with E-state index in [1.807, 2.05) is 0 Å². The molecule has 1 aromatic heterocycles. The Kier molecular flexibility index (Phi) is 3.87. The van der Waals surface area contributed by atoms with Crippen molar-refractivity contribution in [3.63, 3.8) is 0 Å². The summed E-state index contributed by atoms with van der Waals surface area (Å²) in [7, 11) is -3.52. The average Bonchev–Trinajstić information content (AvgIpc) is 2.98. The van der Waals surface area contributed by atoms with Gasteiger partial charge in [-0.15, -0.1) is 10.2 Å². The Labute approximate surface area is 146 Å². The Balaban J connectivity index is 1.47. The fraction of sp³-hybridized carbons (Fsp3) is 0.867. The van der Waals surface area contributed by atoms with Gasteiger partial charge < -0.3 is 5.32 Å². The summed E-state index contributed by atoms with van der Waals surface area (Å²) in [5.41, 5.74) is -0.370. The van der Waals surface area contributed by atoms with Crippen LogP contribution >= 0.6 is 0 Å². The molecule has 5 rings (SSSR count). The zero-order chi connectivity index (χ0) is 17.7. The van der Waals surface area contributed by atoms with E-state index in [2.05, 4.69) is 20.7 Å². The van der Waals surface area contributed by atoms with Crippen LogP contribution in [0.1, 0.15) is 51.4 Å². The number of carbonyl (C=O) groups is 1. The first-order chi connectivity index (χ1) is 11.8. The molecule has 1 heterocycles. The minimum atomic E-state index is -3.52. The number of nitrogens with two attached hydrogens (primary N) is 1. The van der Waals surface area contributed by atoms with Gasteiger partial charge in [0.2, 0.25) is 15.9 Å². The summed E-state index contributed by atoms with van der Waals surface area (Å²) < 4.78 is 22.0. The molecule has 0 radical (unpaired) electrons. The average molecular weight is 368 g/mol. The number of tetrazole rings is 1. The molecule has 2 atom stereocenters. The van der Waals surface area contributed by atoms with E-state index in [9.17, 15) is 13.2 Å². The molecule has 0 aliphatic heterocycles. The third kappa shape index (κ3) is 3.29. The molecule has 9 nitrogen and oxygen atoms in total. The van der Waals surface area contributed by atoms with E-state index in [4.69, 9.17) is 5.14 Å². The standard InChI is InChI=1S/C15H24N6O3S/c16-25(23,24)3-1-2-13(22)19-14-5-11-4-12(6-14)8-15(7-11,9-14)21-18-10-17-20-21/h10-12H,1-9H2,(H,19,22)(H2,16,23,24). The predicted molar refractivity (Wildman–Crippen MR) is 88.6 cm³/mol. The second-order valence-electron chi connectivity index (χ2n) is 8.21. The van der Waals surface area contributed by atoms with Crippen molar-refractivity contribution in [3.05, 3.63) is 6.33 Å². The summed E-state index contributed by atoms with van der Waals surface area (Å²) >= 11 is 0. The van der Waals surface area contributed by atoms with Crippen molar-refractivity contribution in [3.8, 4) is 0 Å². The Bertz CT molecular complexity index is 748. The molecule has 4 aliphatic carbocycles. The van der Waals surface area contributed by atoms with E-state index in [-0.39, 0.29) is 35.6 Å². The lowest BCUT2D eigenvalue weighted by Gasteiger charge is -2.61. The van der Waals surface area contributed by atoms with Gasteiger partial charge in [0.25, 0.3) is 0 Å². The molecule has 0 aromatic carbocycles. The van der Waals surface area contributed by atoms with Crippen molar-refractivity contribution in [1.29, 1.82) is 0 Å². The molecular formula is C15H24N6O3S. The molecule has 1 aromatic rings. The quantitative estimate of drug-likeness (QED) is 0.721. The van der Waals surface area contributed by atoms with Crippen LogP contribution in [0.4, 0.5) is 0 Å². The molecule has 10 heteroatoms. The van der Waals surface area contributed by atoms with Crippen LogP contribution in [0.25, 0.3) is 0 Å². The molecule has 25 heavy (non-hydrogen) atoms. The Morgan fingerprint density at radius 1 is 1.28 bits per heavy atom. The summed E-state index contributed by atoms with van der Waals surface area (Å²) in [6.45, 7) is 0. The number of rotatable bonds is 6. The number of primary sulfonamides is 1. The molecule has 0 saturated heterocycles. The largest absolute Gasteiger partial charge is 0.351 e. The number of hydrogen-bond donors (Lipinski definition) is 2. The van der Waals surface area contributed by atoms with Gasteiger partial charge in [0.15, 0.2) is 6.33 Å². The third-order valence-electron chi connectivity index (χ3n) is 6.04. The topological polar surface area (TPSA) is 133 Å². The van der Waals surface area contributed by atoms with E-state index in [0.717, 1.165) is 32.1 Å². The third-order valence-corrected chi connectivity index (χ3v) is 6.90. The van der Waals surface area contributed by atoms with E-state index in [1.165, 1.54) is 12.7 Å². The first kappa shape index (κ1) is 16.9. The van der Waals surface area contributed by atoms with E-state index in [1.54, 1.807) is 4.80 Å². The van der Waals surface area contributed by atoms with Gasteiger partial charge in [-0.2, -0.15) is 4.80 Å². The van der Waals surface area contributed by atoms with Crippen LogP contribution < -0.4 is 10.5 Å². The van der Waals surface area contributed by atoms with Crippen LogP contribution in [0.2, 0.25) is 0 Å². The number of nitrogens with zero attached hydrogens (tertiary/aromatic N) is 4. The maximum Gasteiger partial charge on any atom is 0.220 e. The second-order valence-corrected chi connectivity index (χ2v) is 9.94. The Morgan fingerprint density at radius 2 is 2.00 bits per heavy atom. The highest BCUT2D eigenvalue weighted by Crippen LogP contribution is 2.60. The van der Waals surface area contributed by atoms with E-state index >= 15 is 0 Å². The fourth-order valence-corrected chi connectivity index (χ4v) is 6.32. The monoisotopic (exact) mass is 368 g/mol. The van der Waals surface area contributed by atoms with Crippen molar-refractivity contribution in [2.24, 2.45) is 17.0 Å². The normalized spacial score (nSPS) is 36.5.